The van der Waals surface area contributed by atoms with Gasteiger partial charge in [-0.15, -0.1) is 0 Å². The molecule has 0 saturated carbocycles. The molecule has 3 rings (SSSR count). The molecule has 0 bridgehead atoms. The van der Waals surface area contributed by atoms with Crippen LogP contribution in [0.2, 0.25) is 0 Å². The van der Waals surface area contributed by atoms with Gasteiger partial charge in [-0.3, -0.25) is 0 Å². The standard InChI is InChI=1S/C23H24N2O5/c1-23(2,20(26)22(27)28)17-9-5-7-11-19(17)30-14-15-12-13-24-21(25-15)16-8-4-6-10-18(16)29-3/h4-13,20,26H,14H2,1-3H3,(H,27,28). The second kappa shape index (κ2) is 8.92. The maximum Gasteiger partial charge on any atom is 0.333 e. The van der Waals surface area contributed by atoms with E-state index in [2.05, 4.69) is 9.97 Å². The lowest BCUT2D eigenvalue weighted by Gasteiger charge is -2.30. The van der Waals surface area contributed by atoms with Crippen molar-refractivity contribution < 1.29 is 24.5 Å². The summed E-state index contributed by atoms with van der Waals surface area (Å²) in [6.45, 7) is 3.48. The maximum absolute atomic E-state index is 11.3. The highest BCUT2D eigenvalue weighted by Gasteiger charge is 2.37. The van der Waals surface area contributed by atoms with Crippen molar-refractivity contribution in [3.05, 3.63) is 72.1 Å². The number of aliphatic hydroxyl groups is 1. The minimum atomic E-state index is -1.57. The molecule has 1 heterocycles. The molecule has 0 saturated heterocycles. The Labute approximate surface area is 175 Å². The van der Waals surface area contributed by atoms with Crippen molar-refractivity contribution in [2.24, 2.45) is 0 Å². The van der Waals surface area contributed by atoms with Gasteiger partial charge in [-0.25, -0.2) is 14.8 Å². The van der Waals surface area contributed by atoms with Crippen LogP contribution in [0.15, 0.2) is 60.8 Å². The van der Waals surface area contributed by atoms with Gasteiger partial charge < -0.3 is 19.7 Å². The third kappa shape index (κ3) is 4.41. The molecule has 1 unspecified atom stereocenters. The zero-order chi connectivity index (χ0) is 21.7. The van der Waals surface area contributed by atoms with E-state index in [-0.39, 0.29) is 6.61 Å². The van der Waals surface area contributed by atoms with Crippen molar-refractivity contribution in [3.63, 3.8) is 0 Å². The summed E-state index contributed by atoms with van der Waals surface area (Å²) in [6.07, 6.45) is 0.0794. The highest BCUT2D eigenvalue weighted by Crippen LogP contribution is 2.35. The van der Waals surface area contributed by atoms with E-state index >= 15 is 0 Å². The largest absolute Gasteiger partial charge is 0.496 e. The van der Waals surface area contributed by atoms with Crippen LogP contribution in [-0.4, -0.2) is 39.4 Å². The van der Waals surface area contributed by atoms with Crippen molar-refractivity contribution in [2.45, 2.75) is 32.0 Å². The summed E-state index contributed by atoms with van der Waals surface area (Å²) in [7, 11) is 1.59. The van der Waals surface area contributed by atoms with Gasteiger partial charge in [0.2, 0.25) is 0 Å². The minimum absolute atomic E-state index is 0.154. The van der Waals surface area contributed by atoms with Crippen LogP contribution in [0, 0.1) is 0 Å². The average molecular weight is 408 g/mol. The van der Waals surface area contributed by atoms with Crippen LogP contribution >= 0.6 is 0 Å². The zero-order valence-corrected chi connectivity index (χ0v) is 17.1. The number of aliphatic hydroxyl groups excluding tert-OH is 1. The highest BCUT2D eigenvalue weighted by atomic mass is 16.5. The number of hydrogen-bond donors (Lipinski definition) is 2. The van der Waals surface area contributed by atoms with E-state index in [0.717, 1.165) is 5.56 Å². The number of para-hydroxylation sites is 2. The van der Waals surface area contributed by atoms with E-state index in [9.17, 15) is 15.0 Å². The molecule has 30 heavy (non-hydrogen) atoms. The Morgan fingerprint density at radius 3 is 2.43 bits per heavy atom. The fourth-order valence-electron chi connectivity index (χ4n) is 3.17. The maximum atomic E-state index is 11.3. The Morgan fingerprint density at radius 1 is 1.07 bits per heavy atom. The third-order valence-corrected chi connectivity index (χ3v) is 4.94. The molecule has 3 aromatic rings. The molecule has 0 fully saturated rings. The van der Waals surface area contributed by atoms with E-state index in [4.69, 9.17) is 9.47 Å². The van der Waals surface area contributed by atoms with E-state index in [1.54, 1.807) is 57.5 Å². The molecule has 0 amide bonds. The first-order chi connectivity index (χ1) is 14.3. The molecule has 156 valence electrons. The number of carboxylic acid groups (broad SMARTS) is 1. The number of carbonyl (C=O) groups is 1. The predicted octanol–water partition coefficient (Wildman–Crippen LogP) is 3.45. The predicted molar refractivity (Wildman–Crippen MR) is 111 cm³/mol. The van der Waals surface area contributed by atoms with Gasteiger partial charge >= 0.3 is 5.97 Å². The fourth-order valence-corrected chi connectivity index (χ4v) is 3.17. The number of carboxylic acids is 1. The molecule has 2 N–H and O–H groups in total. The fraction of sp³-hybridized carbons (Fsp3) is 0.261. The third-order valence-electron chi connectivity index (χ3n) is 4.94. The lowest BCUT2D eigenvalue weighted by Crippen LogP contribution is -2.40. The number of nitrogens with zero attached hydrogens (tertiary/aromatic N) is 2. The van der Waals surface area contributed by atoms with Crippen LogP contribution in [0.3, 0.4) is 0 Å². The molecule has 0 aliphatic carbocycles. The summed E-state index contributed by atoms with van der Waals surface area (Å²) < 4.78 is 11.3. The summed E-state index contributed by atoms with van der Waals surface area (Å²) in [5, 5.41) is 19.4. The zero-order valence-electron chi connectivity index (χ0n) is 17.1. The van der Waals surface area contributed by atoms with Crippen molar-refractivity contribution in [3.8, 4) is 22.9 Å². The number of rotatable bonds is 8. The first-order valence-electron chi connectivity index (χ1n) is 9.43. The van der Waals surface area contributed by atoms with Gasteiger partial charge in [0, 0.05) is 17.2 Å². The molecule has 0 aliphatic heterocycles. The number of hydrogen-bond acceptors (Lipinski definition) is 6. The van der Waals surface area contributed by atoms with Crippen LogP contribution in [0.1, 0.15) is 25.1 Å². The van der Waals surface area contributed by atoms with Gasteiger partial charge in [-0.2, -0.15) is 0 Å². The van der Waals surface area contributed by atoms with E-state index < -0.39 is 17.5 Å². The Balaban J connectivity index is 1.85. The summed E-state index contributed by atoms with van der Waals surface area (Å²) in [5.41, 5.74) is 0.973. The highest BCUT2D eigenvalue weighted by molar-refractivity contribution is 5.74. The minimum Gasteiger partial charge on any atom is -0.496 e. The van der Waals surface area contributed by atoms with Crippen LogP contribution < -0.4 is 9.47 Å². The summed E-state index contributed by atoms with van der Waals surface area (Å²) in [5.74, 6) is 0.390. The second-order valence-corrected chi connectivity index (χ2v) is 7.32. The number of benzene rings is 2. The quantitative estimate of drug-likeness (QED) is 0.588. The van der Waals surface area contributed by atoms with Crippen molar-refractivity contribution in [2.75, 3.05) is 7.11 Å². The smallest absolute Gasteiger partial charge is 0.333 e. The molecule has 0 spiro atoms. The first kappa shape index (κ1) is 21.3. The number of aliphatic carboxylic acids is 1. The topological polar surface area (TPSA) is 102 Å². The Bertz CT molecular complexity index is 1040. The van der Waals surface area contributed by atoms with Crippen molar-refractivity contribution in [1.82, 2.24) is 9.97 Å². The van der Waals surface area contributed by atoms with Gasteiger partial charge in [-0.05, 0) is 24.3 Å². The molecule has 1 aromatic heterocycles. The monoisotopic (exact) mass is 408 g/mol. The molecule has 2 aromatic carbocycles. The van der Waals surface area contributed by atoms with Gasteiger partial charge in [0.05, 0.1) is 18.4 Å². The normalized spacial score (nSPS) is 12.3. The average Bonchev–Trinajstić information content (AvgIpc) is 2.77. The van der Waals surface area contributed by atoms with Gasteiger partial charge in [-0.1, -0.05) is 44.2 Å². The molecule has 1 atom stereocenters. The molecule has 0 radical (unpaired) electrons. The second-order valence-electron chi connectivity index (χ2n) is 7.32. The number of methoxy groups -OCH3 is 1. The number of aromatic nitrogens is 2. The molecule has 7 nitrogen and oxygen atoms in total. The Kier molecular flexibility index (Phi) is 6.32. The van der Waals surface area contributed by atoms with Crippen LogP contribution in [0.5, 0.6) is 11.5 Å². The van der Waals surface area contributed by atoms with Crippen LogP contribution in [0.4, 0.5) is 0 Å². The molecule has 0 aliphatic rings. The summed E-state index contributed by atoms with van der Waals surface area (Å²) in [6, 6.07) is 16.3. The van der Waals surface area contributed by atoms with E-state index in [1.165, 1.54) is 0 Å². The first-order valence-corrected chi connectivity index (χ1v) is 9.43. The summed E-state index contributed by atoms with van der Waals surface area (Å²) in [4.78, 5) is 20.2. The molecular weight excluding hydrogens is 384 g/mol. The van der Waals surface area contributed by atoms with Crippen molar-refractivity contribution in [1.29, 1.82) is 0 Å². The Hall–Kier alpha value is -3.45. The SMILES string of the molecule is COc1ccccc1-c1nccc(COc2ccccc2C(C)(C)C(O)C(=O)O)n1. The lowest BCUT2D eigenvalue weighted by atomic mass is 9.79. The van der Waals surface area contributed by atoms with Crippen LogP contribution in [0.25, 0.3) is 11.4 Å². The van der Waals surface area contributed by atoms with Gasteiger partial charge in [0.1, 0.15) is 18.1 Å². The molecular formula is C23H24N2O5. The number of ether oxygens (including phenoxy) is 2. The van der Waals surface area contributed by atoms with Crippen LogP contribution in [-0.2, 0) is 16.8 Å². The van der Waals surface area contributed by atoms with E-state index in [0.29, 0.717) is 28.6 Å². The Morgan fingerprint density at radius 2 is 1.73 bits per heavy atom. The summed E-state index contributed by atoms with van der Waals surface area (Å²) >= 11 is 0. The van der Waals surface area contributed by atoms with Gasteiger partial charge in [0.25, 0.3) is 0 Å². The van der Waals surface area contributed by atoms with E-state index in [1.807, 2.05) is 24.3 Å². The molecule has 7 heteroatoms. The van der Waals surface area contributed by atoms with Crippen molar-refractivity contribution >= 4 is 5.97 Å². The van der Waals surface area contributed by atoms with Gasteiger partial charge in [0.15, 0.2) is 11.9 Å². The lowest BCUT2D eigenvalue weighted by molar-refractivity contribution is -0.150.